The normalized spacial score (nSPS) is 15.9. The first kappa shape index (κ1) is 13.3. The van der Waals surface area contributed by atoms with Crippen LogP contribution < -0.4 is 0 Å². The van der Waals surface area contributed by atoms with Gasteiger partial charge in [0.15, 0.2) is 17.4 Å². The van der Waals surface area contributed by atoms with Crippen LogP contribution in [-0.4, -0.2) is 5.78 Å². The molecule has 0 bridgehead atoms. The molecule has 2 aromatic carbocycles. The third-order valence-electron chi connectivity index (χ3n) is 3.77. The van der Waals surface area contributed by atoms with Gasteiger partial charge >= 0.3 is 0 Å². The van der Waals surface area contributed by atoms with Gasteiger partial charge in [0.05, 0.1) is 10.4 Å². The SMILES string of the molecule is O=C(c1cc(F)c(F)cc1Cl)C1(c2ccccc2)CC1. The van der Waals surface area contributed by atoms with Crippen LogP contribution in [0.25, 0.3) is 0 Å². The van der Waals surface area contributed by atoms with Crippen LogP contribution in [0.4, 0.5) is 8.78 Å². The lowest BCUT2D eigenvalue weighted by atomic mass is 9.87. The van der Waals surface area contributed by atoms with Crippen molar-refractivity contribution in [1.82, 2.24) is 0 Å². The van der Waals surface area contributed by atoms with Crippen LogP contribution >= 0.6 is 11.6 Å². The Morgan fingerprint density at radius 1 is 1.05 bits per heavy atom. The molecule has 0 radical (unpaired) electrons. The summed E-state index contributed by atoms with van der Waals surface area (Å²) in [6.45, 7) is 0. The predicted octanol–water partition coefficient (Wildman–Crippen LogP) is 4.53. The van der Waals surface area contributed by atoms with Crippen molar-refractivity contribution in [3.05, 3.63) is 70.2 Å². The fourth-order valence-electron chi connectivity index (χ4n) is 2.48. The first-order valence-corrected chi connectivity index (χ1v) is 6.67. The van der Waals surface area contributed by atoms with Gasteiger partial charge in [-0.3, -0.25) is 4.79 Å². The van der Waals surface area contributed by atoms with E-state index in [4.69, 9.17) is 11.6 Å². The van der Waals surface area contributed by atoms with E-state index in [1.54, 1.807) is 0 Å². The van der Waals surface area contributed by atoms with E-state index in [1.807, 2.05) is 30.3 Å². The number of Topliss-reactive ketones (excluding diaryl/α,β-unsaturated/α-hetero) is 1. The van der Waals surface area contributed by atoms with Gasteiger partial charge in [0.2, 0.25) is 0 Å². The minimum absolute atomic E-state index is 0.0453. The van der Waals surface area contributed by atoms with Crippen LogP contribution in [-0.2, 0) is 5.41 Å². The van der Waals surface area contributed by atoms with Gasteiger partial charge < -0.3 is 0 Å². The predicted molar refractivity (Wildman–Crippen MR) is 73.1 cm³/mol. The molecule has 0 atom stereocenters. The van der Waals surface area contributed by atoms with E-state index < -0.39 is 17.0 Å². The average molecular weight is 293 g/mol. The molecule has 0 N–H and O–H groups in total. The summed E-state index contributed by atoms with van der Waals surface area (Å²) in [6, 6.07) is 11.1. The molecule has 3 rings (SSSR count). The molecule has 0 saturated heterocycles. The summed E-state index contributed by atoms with van der Waals surface area (Å²) < 4.78 is 26.4. The van der Waals surface area contributed by atoms with E-state index in [-0.39, 0.29) is 16.4 Å². The second kappa shape index (κ2) is 4.67. The third kappa shape index (κ3) is 2.02. The molecule has 4 heteroatoms. The van der Waals surface area contributed by atoms with Crippen molar-refractivity contribution >= 4 is 17.4 Å². The summed E-state index contributed by atoms with van der Waals surface area (Å²) in [4.78, 5) is 12.6. The summed E-state index contributed by atoms with van der Waals surface area (Å²) in [5.41, 5.74) is 0.313. The van der Waals surface area contributed by atoms with Crippen molar-refractivity contribution in [2.75, 3.05) is 0 Å². The zero-order valence-corrected chi connectivity index (χ0v) is 11.3. The molecule has 1 fully saturated rings. The van der Waals surface area contributed by atoms with E-state index in [0.717, 1.165) is 17.7 Å². The molecule has 0 heterocycles. The first-order chi connectivity index (χ1) is 9.54. The van der Waals surface area contributed by atoms with Crippen molar-refractivity contribution in [3.8, 4) is 0 Å². The highest BCUT2D eigenvalue weighted by Gasteiger charge is 2.51. The smallest absolute Gasteiger partial charge is 0.174 e. The molecular formula is C16H11ClF2O. The summed E-state index contributed by atoms with van der Waals surface area (Å²) in [7, 11) is 0. The van der Waals surface area contributed by atoms with Crippen molar-refractivity contribution < 1.29 is 13.6 Å². The molecule has 1 aliphatic carbocycles. The lowest BCUT2D eigenvalue weighted by Crippen LogP contribution is -2.21. The molecule has 102 valence electrons. The molecule has 0 unspecified atom stereocenters. The van der Waals surface area contributed by atoms with E-state index in [0.29, 0.717) is 12.8 Å². The lowest BCUT2D eigenvalue weighted by molar-refractivity contribution is 0.0945. The van der Waals surface area contributed by atoms with Crippen LogP contribution in [0, 0.1) is 11.6 Å². The number of hydrogen-bond donors (Lipinski definition) is 0. The zero-order valence-electron chi connectivity index (χ0n) is 10.5. The van der Waals surface area contributed by atoms with E-state index in [9.17, 15) is 13.6 Å². The summed E-state index contributed by atoms with van der Waals surface area (Å²) in [6.07, 6.45) is 1.40. The van der Waals surface area contributed by atoms with Crippen LogP contribution in [0.3, 0.4) is 0 Å². The monoisotopic (exact) mass is 292 g/mol. The largest absolute Gasteiger partial charge is 0.293 e. The molecule has 2 aromatic rings. The fraction of sp³-hybridized carbons (Fsp3) is 0.188. The van der Waals surface area contributed by atoms with Gasteiger partial charge in [-0.15, -0.1) is 0 Å². The van der Waals surface area contributed by atoms with Crippen molar-refractivity contribution in [1.29, 1.82) is 0 Å². The number of ketones is 1. The van der Waals surface area contributed by atoms with Crippen LogP contribution in [0.5, 0.6) is 0 Å². The number of benzene rings is 2. The summed E-state index contributed by atoms with van der Waals surface area (Å²) >= 11 is 5.89. The number of carbonyl (C=O) groups is 1. The minimum atomic E-state index is -1.05. The van der Waals surface area contributed by atoms with E-state index >= 15 is 0 Å². The molecule has 0 aliphatic heterocycles. The van der Waals surface area contributed by atoms with Crippen LogP contribution in [0.15, 0.2) is 42.5 Å². The van der Waals surface area contributed by atoms with Crippen LogP contribution in [0.2, 0.25) is 5.02 Å². The molecule has 0 aromatic heterocycles. The minimum Gasteiger partial charge on any atom is -0.293 e. The van der Waals surface area contributed by atoms with E-state index in [1.165, 1.54) is 0 Å². The Labute approximate surface area is 120 Å². The maximum atomic E-state index is 13.3. The first-order valence-electron chi connectivity index (χ1n) is 6.29. The van der Waals surface area contributed by atoms with Gasteiger partial charge in [0.25, 0.3) is 0 Å². The van der Waals surface area contributed by atoms with Gasteiger partial charge in [-0.05, 0) is 30.5 Å². The number of halogens is 3. The van der Waals surface area contributed by atoms with Gasteiger partial charge in [-0.25, -0.2) is 8.78 Å². The Hall–Kier alpha value is -1.74. The molecule has 20 heavy (non-hydrogen) atoms. The Balaban J connectivity index is 2.04. The van der Waals surface area contributed by atoms with Crippen molar-refractivity contribution in [2.24, 2.45) is 0 Å². The quantitative estimate of drug-likeness (QED) is 0.600. The average Bonchev–Trinajstić information content (AvgIpc) is 3.25. The van der Waals surface area contributed by atoms with Crippen molar-refractivity contribution in [3.63, 3.8) is 0 Å². The topological polar surface area (TPSA) is 17.1 Å². The van der Waals surface area contributed by atoms with Crippen molar-refractivity contribution in [2.45, 2.75) is 18.3 Å². The highest BCUT2D eigenvalue weighted by molar-refractivity contribution is 6.34. The van der Waals surface area contributed by atoms with Gasteiger partial charge in [0, 0.05) is 5.56 Å². The number of hydrogen-bond acceptors (Lipinski definition) is 1. The standard InChI is InChI=1S/C16H11ClF2O/c17-12-9-14(19)13(18)8-11(12)15(20)16(6-7-16)10-4-2-1-3-5-10/h1-5,8-9H,6-7H2. The number of rotatable bonds is 3. The maximum absolute atomic E-state index is 13.3. The molecular weight excluding hydrogens is 282 g/mol. The molecule has 1 saturated carbocycles. The second-order valence-corrected chi connectivity index (χ2v) is 5.43. The maximum Gasteiger partial charge on any atom is 0.174 e. The molecule has 0 amide bonds. The Morgan fingerprint density at radius 3 is 2.25 bits per heavy atom. The number of carbonyl (C=O) groups excluding carboxylic acids is 1. The van der Waals surface area contributed by atoms with E-state index in [2.05, 4.69) is 0 Å². The van der Waals surface area contributed by atoms with Gasteiger partial charge in [0.1, 0.15) is 0 Å². The Morgan fingerprint density at radius 2 is 1.65 bits per heavy atom. The van der Waals surface area contributed by atoms with Crippen LogP contribution in [0.1, 0.15) is 28.8 Å². The lowest BCUT2D eigenvalue weighted by Gasteiger charge is -2.15. The molecule has 1 nitrogen and oxygen atoms in total. The van der Waals surface area contributed by atoms with Gasteiger partial charge in [-0.1, -0.05) is 41.9 Å². The molecule has 0 spiro atoms. The Bertz CT molecular complexity index is 678. The summed E-state index contributed by atoms with van der Waals surface area (Å²) in [5, 5.41) is -0.0453. The zero-order chi connectivity index (χ0) is 14.3. The molecule has 1 aliphatic rings. The summed E-state index contributed by atoms with van der Waals surface area (Å²) in [5.74, 6) is -2.34. The van der Waals surface area contributed by atoms with Gasteiger partial charge in [-0.2, -0.15) is 0 Å². The highest BCUT2D eigenvalue weighted by atomic mass is 35.5. The Kier molecular flexibility index (Phi) is 3.09. The third-order valence-corrected chi connectivity index (χ3v) is 4.08. The second-order valence-electron chi connectivity index (χ2n) is 5.02. The fourth-order valence-corrected chi connectivity index (χ4v) is 2.72. The highest BCUT2D eigenvalue weighted by Crippen LogP contribution is 2.51.